The fourth-order valence-electron chi connectivity index (χ4n) is 1.98. The minimum atomic E-state index is -0.526. The van der Waals surface area contributed by atoms with E-state index in [-0.39, 0.29) is 12.7 Å². The summed E-state index contributed by atoms with van der Waals surface area (Å²) in [6.07, 6.45) is 4.20. The van der Waals surface area contributed by atoms with Crippen LogP contribution in [0.1, 0.15) is 12.0 Å². The maximum Gasteiger partial charge on any atom is 0.353 e. The number of nitrogens with zero attached hydrogens (tertiary/aromatic N) is 2. The molecule has 94 valence electrons. The molecule has 2 atom stereocenters. The summed E-state index contributed by atoms with van der Waals surface area (Å²) >= 11 is 0. The summed E-state index contributed by atoms with van der Waals surface area (Å²) in [7, 11) is 0. The zero-order valence-corrected chi connectivity index (χ0v) is 9.74. The summed E-state index contributed by atoms with van der Waals surface area (Å²) in [5.74, 6) is 0.700. The van der Waals surface area contributed by atoms with E-state index in [2.05, 4.69) is 4.98 Å². The highest BCUT2D eigenvalue weighted by atomic mass is 16.5. The lowest BCUT2D eigenvalue weighted by atomic mass is 10.3. The van der Waals surface area contributed by atoms with Gasteiger partial charge in [0.05, 0.1) is 12.0 Å². The topological polar surface area (TPSA) is 77.5 Å². The molecule has 0 bridgehead atoms. The number of ether oxygens (including phenoxy) is 1. The van der Waals surface area contributed by atoms with Gasteiger partial charge in [0.1, 0.15) is 11.9 Å². The van der Waals surface area contributed by atoms with Gasteiger partial charge >= 0.3 is 5.69 Å². The predicted octanol–water partition coefficient (Wildman–Crippen LogP) is 0.744. The molecule has 3 rings (SSSR count). The Labute approximate surface area is 102 Å². The number of aromatic nitrogens is 2. The molecule has 0 saturated carbocycles. The van der Waals surface area contributed by atoms with Crippen LogP contribution in [0.25, 0.3) is 11.1 Å². The normalized spacial score (nSPS) is 23.0. The van der Waals surface area contributed by atoms with Gasteiger partial charge in [-0.25, -0.2) is 4.79 Å². The molecule has 0 radical (unpaired) electrons. The van der Waals surface area contributed by atoms with E-state index in [1.807, 2.05) is 0 Å². The van der Waals surface area contributed by atoms with E-state index in [0.29, 0.717) is 11.5 Å². The molecule has 2 aromatic rings. The van der Waals surface area contributed by atoms with Gasteiger partial charge < -0.3 is 14.3 Å². The number of furan rings is 1. The van der Waals surface area contributed by atoms with Crippen LogP contribution in [0.4, 0.5) is 0 Å². The number of hydrogen-bond acceptors (Lipinski definition) is 5. The highest BCUT2D eigenvalue weighted by Crippen LogP contribution is 2.21. The van der Waals surface area contributed by atoms with Gasteiger partial charge in [-0.15, -0.1) is 0 Å². The standard InChI is InChI=1S/C12H12N2O4/c1-7-4-8-5-14(12(16)13-11(8)17-7)10-3-2-9(6-15)18-10/h2-5,9-10,15H,6H2,1H3/t9-,10+/m0/s1. The molecule has 0 aromatic carbocycles. The van der Waals surface area contributed by atoms with Gasteiger partial charge in [-0.3, -0.25) is 4.57 Å². The van der Waals surface area contributed by atoms with E-state index in [4.69, 9.17) is 14.3 Å². The molecule has 0 aliphatic carbocycles. The molecule has 0 saturated heterocycles. The van der Waals surface area contributed by atoms with Crippen LogP contribution >= 0.6 is 0 Å². The van der Waals surface area contributed by atoms with Gasteiger partial charge in [0.15, 0.2) is 6.23 Å². The van der Waals surface area contributed by atoms with Crippen molar-refractivity contribution in [2.45, 2.75) is 19.3 Å². The molecule has 0 amide bonds. The molecular formula is C12H12N2O4. The van der Waals surface area contributed by atoms with Gasteiger partial charge in [0.2, 0.25) is 5.71 Å². The van der Waals surface area contributed by atoms with Crippen LogP contribution in [-0.2, 0) is 4.74 Å². The lowest BCUT2D eigenvalue weighted by Gasteiger charge is -2.14. The zero-order chi connectivity index (χ0) is 12.7. The van der Waals surface area contributed by atoms with Crippen molar-refractivity contribution in [1.82, 2.24) is 9.55 Å². The Bertz CT molecular complexity index is 670. The first kappa shape index (κ1) is 11.2. The average Bonchev–Trinajstić information content (AvgIpc) is 2.92. The molecule has 1 N–H and O–H groups in total. The molecule has 6 heteroatoms. The Kier molecular flexibility index (Phi) is 2.53. The highest BCUT2D eigenvalue weighted by Gasteiger charge is 2.21. The van der Waals surface area contributed by atoms with Crippen molar-refractivity contribution in [2.75, 3.05) is 6.61 Å². The number of rotatable bonds is 2. The van der Waals surface area contributed by atoms with E-state index in [0.717, 1.165) is 5.39 Å². The fourth-order valence-corrected chi connectivity index (χ4v) is 1.98. The molecule has 6 nitrogen and oxygen atoms in total. The molecule has 3 heterocycles. The maximum absolute atomic E-state index is 11.8. The van der Waals surface area contributed by atoms with Crippen LogP contribution in [0.2, 0.25) is 0 Å². The second-order valence-electron chi connectivity index (χ2n) is 4.18. The Morgan fingerprint density at radius 3 is 3.06 bits per heavy atom. The first-order valence-corrected chi connectivity index (χ1v) is 5.61. The lowest BCUT2D eigenvalue weighted by molar-refractivity contribution is -0.0100. The van der Waals surface area contributed by atoms with Crippen LogP contribution in [-0.4, -0.2) is 27.4 Å². The first-order chi connectivity index (χ1) is 8.67. The van der Waals surface area contributed by atoms with Crippen molar-refractivity contribution in [2.24, 2.45) is 0 Å². The van der Waals surface area contributed by atoms with Crippen LogP contribution in [0.15, 0.2) is 33.6 Å². The Balaban J connectivity index is 2.04. The van der Waals surface area contributed by atoms with E-state index in [9.17, 15) is 4.79 Å². The van der Waals surface area contributed by atoms with E-state index < -0.39 is 11.9 Å². The van der Waals surface area contributed by atoms with E-state index >= 15 is 0 Å². The zero-order valence-electron chi connectivity index (χ0n) is 9.74. The summed E-state index contributed by atoms with van der Waals surface area (Å²) in [6.45, 7) is 1.69. The molecule has 0 spiro atoms. The van der Waals surface area contributed by atoms with Crippen LogP contribution in [0.3, 0.4) is 0 Å². The number of aryl methyl sites for hydroxylation is 1. The number of fused-ring (bicyclic) bond motifs is 1. The third-order valence-electron chi connectivity index (χ3n) is 2.82. The minimum absolute atomic E-state index is 0.109. The molecule has 2 aromatic heterocycles. The van der Waals surface area contributed by atoms with E-state index in [1.54, 1.807) is 31.3 Å². The maximum atomic E-state index is 11.8. The highest BCUT2D eigenvalue weighted by molar-refractivity contribution is 5.72. The van der Waals surface area contributed by atoms with Crippen LogP contribution in [0, 0.1) is 6.92 Å². The quantitative estimate of drug-likeness (QED) is 0.793. The van der Waals surface area contributed by atoms with Crippen LogP contribution < -0.4 is 5.69 Å². The Hall–Kier alpha value is -1.92. The van der Waals surface area contributed by atoms with Crippen molar-refractivity contribution in [3.8, 4) is 0 Å². The minimum Gasteiger partial charge on any atom is -0.443 e. The smallest absolute Gasteiger partial charge is 0.353 e. The summed E-state index contributed by atoms with van der Waals surface area (Å²) in [5, 5.41) is 9.73. The molecule has 1 aliphatic heterocycles. The second kappa shape index (κ2) is 4.08. The Morgan fingerprint density at radius 1 is 1.50 bits per heavy atom. The third kappa shape index (κ3) is 1.75. The van der Waals surface area contributed by atoms with Crippen molar-refractivity contribution >= 4 is 11.1 Å². The van der Waals surface area contributed by atoms with Gasteiger partial charge in [-0.2, -0.15) is 4.98 Å². The van der Waals surface area contributed by atoms with Gasteiger partial charge in [0, 0.05) is 6.20 Å². The van der Waals surface area contributed by atoms with Crippen molar-refractivity contribution in [1.29, 1.82) is 0 Å². The Morgan fingerprint density at radius 2 is 2.33 bits per heavy atom. The number of aliphatic hydroxyl groups is 1. The second-order valence-corrected chi connectivity index (χ2v) is 4.18. The molecule has 0 fully saturated rings. The van der Waals surface area contributed by atoms with Gasteiger partial charge in [0.25, 0.3) is 0 Å². The molecule has 1 aliphatic rings. The van der Waals surface area contributed by atoms with Crippen LogP contribution in [0.5, 0.6) is 0 Å². The molecular weight excluding hydrogens is 236 g/mol. The largest absolute Gasteiger partial charge is 0.443 e. The molecule has 18 heavy (non-hydrogen) atoms. The van der Waals surface area contributed by atoms with Crippen molar-refractivity contribution in [3.63, 3.8) is 0 Å². The lowest BCUT2D eigenvalue weighted by Crippen LogP contribution is -2.27. The summed E-state index contributed by atoms with van der Waals surface area (Å²) in [5.41, 5.74) is -0.112. The van der Waals surface area contributed by atoms with Crippen molar-refractivity contribution < 1.29 is 14.3 Å². The number of aliphatic hydroxyl groups excluding tert-OH is 1. The third-order valence-corrected chi connectivity index (χ3v) is 2.82. The van der Waals surface area contributed by atoms with Gasteiger partial charge in [-0.1, -0.05) is 6.08 Å². The van der Waals surface area contributed by atoms with Gasteiger partial charge in [-0.05, 0) is 19.1 Å². The summed E-state index contributed by atoms with van der Waals surface area (Å²) in [4.78, 5) is 15.7. The summed E-state index contributed by atoms with van der Waals surface area (Å²) in [6, 6.07) is 1.81. The van der Waals surface area contributed by atoms with E-state index in [1.165, 1.54) is 4.57 Å². The SMILES string of the molecule is Cc1cc2cn([C@H]3C=C[C@@H](CO)O3)c(=O)nc2o1. The first-order valence-electron chi connectivity index (χ1n) is 5.61. The monoisotopic (exact) mass is 248 g/mol. The fraction of sp³-hybridized carbons (Fsp3) is 0.333. The molecule has 0 unspecified atom stereocenters. The predicted molar refractivity (Wildman–Crippen MR) is 63.1 cm³/mol. The average molecular weight is 248 g/mol. The number of hydrogen-bond donors (Lipinski definition) is 1. The summed E-state index contributed by atoms with van der Waals surface area (Å²) < 4.78 is 12.1. The van der Waals surface area contributed by atoms with Crippen molar-refractivity contribution in [3.05, 3.63) is 40.7 Å².